The zero-order valence-electron chi connectivity index (χ0n) is 16.4. The highest BCUT2D eigenvalue weighted by Gasteiger charge is 2.31. The number of benzene rings is 2. The number of hydrogen-bond donors (Lipinski definition) is 0. The number of rotatable bonds is 6. The second-order valence-electron chi connectivity index (χ2n) is 6.43. The lowest BCUT2D eigenvalue weighted by atomic mass is 10.2. The summed E-state index contributed by atoms with van der Waals surface area (Å²) in [6, 6.07) is 15.1. The van der Waals surface area contributed by atoms with Crippen molar-refractivity contribution in [3.8, 4) is 0 Å². The molecular formula is C22H16F3N3O4. The summed E-state index contributed by atoms with van der Waals surface area (Å²) in [5, 5.41) is 15.8. The summed E-state index contributed by atoms with van der Waals surface area (Å²) in [5.41, 5.74) is -0.483. The molecule has 164 valence electrons. The number of amides is 1. The summed E-state index contributed by atoms with van der Waals surface area (Å²) >= 11 is 0. The van der Waals surface area contributed by atoms with E-state index in [0.29, 0.717) is 10.3 Å². The van der Waals surface area contributed by atoms with Crippen LogP contribution in [0.3, 0.4) is 0 Å². The molecule has 7 nitrogen and oxygen atoms in total. The molecule has 0 unspecified atom stereocenters. The zero-order chi connectivity index (χ0) is 23.1. The Kier molecular flexibility index (Phi) is 6.83. The number of ether oxygens (including phenoxy) is 1. The average molecular weight is 443 g/mol. The second kappa shape index (κ2) is 9.73. The lowest BCUT2D eigenvalue weighted by molar-refractivity contribution is -0.605. The molecule has 3 aromatic rings. The Morgan fingerprint density at radius 2 is 1.72 bits per heavy atom. The minimum atomic E-state index is -4.62. The van der Waals surface area contributed by atoms with Crippen LogP contribution in [0.1, 0.15) is 21.5 Å². The second-order valence-corrected chi connectivity index (χ2v) is 6.43. The van der Waals surface area contributed by atoms with Crippen molar-refractivity contribution in [3.63, 3.8) is 0 Å². The van der Waals surface area contributed by atoms with E-state index in [1.807, 2.05) is 0 Å². The van der Waals surface area contributed by atoms with Gasteiger partial charge < -0.3 is 9.94 Å². The van der Waals surface area contributed by atoms with Crippen LogP contribution in [0, 0.1) is 5.21 Å². The van der Waals surface area contributed by atoms with Gasteiger partial charge in [0.1, 0.15) is 0 Å². The minimum absolute atomic E-state index is 0.0308. The Morgan fingerprint density at radius 3 is 2.38 bits per heavy atom. The standard InChI is InChI=1S/C22H16F3N3O4/c23-22(24,25)18-7-4-8-19(13-18)28(26-14-16-5-2-1-3-6-16)20(29)15-32-21(30)17-9-11-27(31)12-10-17/h1-14H,15H2. The van der Waals surface area contributed by atoms with Gasteiger partial charge in [0, 0.05) is 12.1 Å². The smallest absolute Gasteiger partial charge is 0.416 e. The average Bonchev–Trinajstić information content (AvgIpc) is 2.78. The maximum absolute atomic E-state index is 13.1. The lowest BCUT2D eigenvalue weighted by Crippen LogP contribution is -2.31. The molecule has 0 saturated heterocycles. The Morgan fingerprint density at radius 1 is 1.03 bits per heavy atom. The monoisotopic (exact) mass is 443 g/mol. The highest BCUT2D eigenvalue weighted by molar-refractivity contribution is 5.98. The van der Waals surface area contributed by atoms with Crippen molar-refractivity contribution in [2.75, 3.05) is 11.6 Å². The Hall–Kier alpha value is -4.21. The van der Waals surface area contributed by atoms with Gasteiger partial charge in [0.05, 0.1) is 23.0 Å². The summed E-state index contributed by atoms with van der Waals surface area (Å²) in [6.45, 7) is -0.784. The van der Waals surface area contributed by atoms with E-state index in [1.165, 1.54) is 24.4 Å². The van der Waals surface area contributed by atoms with Crippen LogP contribution in [0.5, 0.6) is 0 Å². The molecule has 0 aliphatic carbocycles. The van der Waals surface area contributed by atoms with E-state index in [1.54, 1.807) is 30.3 Å². The molecule has 1 aromatic heterocycles. The molecule has 32 heavy (non-hydrogen) atoms. The molecule has 2 aromatic carbocycles. The number of carbonyl (C=O) groups is 2. The molecule has 0 radical (unpaired) electrons. The van der Waals surface area contributed by atoms with Crippen LogP contribution in [0.25, 0.3) is 0 Å². The first-order valence-electron chi connectivity index (χ1n) is 9.19. The lowest BCUT2D eigenvalue weighted by Gasteiger charge is -2.18. The predicted molar refractivity (Wildman–Crippen MR) is 109 cm³/mol. The van der Waals surface area contributed by atoms with E-state index >= 15 is 0 Å². The van der Waals surface area contributed by atoms with E-state index in [2.05, 4.69) is 5.10 Å². The molecule has 0 spiro atoms. The van der Waals surface area contributed by atoms with Gasteiger partial charge in [-0.25, -0.2) is 4.79 Å². The van der Waals surface area contributed by atoms with E-state index in [9.17, 15) is 28.0 Å². The maximum atomic E-state index is 13.1. The third-order valence-electron chi connectivity index (χ3n) is 4.14. The fourth-order valence-corrected chi connectivity index (χ4v) is 2.57. The van der Waals surface area contributed by atoms with Crippen molar-refractivity contribution >= 4 is 23.8 Å². The van der Waals surface area contributed by atoms with E-state index in [-0.39, 0.29) is 11.3 Å². The zero-order valence-corrected chi connectivity index (χ0v) is 16.4. The van der Waals surface area contributed by atoms with Gasteiger partial charge in [0.15, 0.2) is 19.0 Å². The first-order chi connectivity index (χ1) is 15.2. The molecule has 0 bridgehead atoms. The van der Waals surface area contributed by atoms with Gasteiger partial charge in [0.25, 0.3) is 5.91 Å². The number of carbonyl (C=O) groups excluding carboxylic acids is 2. The minimum Gasteiger partial charge on any atom is -0.619 e. The predicted octanol–water partition coefficient (Wildman–Crippen LogP) is 3.56. The van der Waals surface area contributed by atoms with Gasteiger partial charge in [-0.2, -0.15) is 28.0 Å². The van der Waals surface area contributed by atoms with Crippen molar-refractivity contribution in [3.05, 3.63) is 101 Å². The SMILES string of the molecule is O=C(OCC(=O)N(N=Cc1ccccc1)c1cccc(C(F)(F)F)c1)c1cc[n+]([O-])cc1. The van der Waals surface area contributed by atoms with Gasteiger partial charge in [-0.3, -0.25) is 4.79 Å². The van der Waals surface area contributed by atoms with Crippen LogP contribution in [-0.4, -0.2) is 24.7 Å². The molecule has 0 aliphatic rings. The topological polar surface area (TPSA) is 85.9 Å². The molecule has 0 aliphatic heterocycles. The highest BCUT2D eigenvalue weighted by atomic mass is 19.4. The number of pyridine rings is 1. The Bertz CT molecular complexity index is 1120. The van der Waals surface area contributed by atoms with Gasteiger partial charge in [-0.05, 0) is 23.8 Å². The highest BCUT2D eigenvalue weighted by Crippen LogP contribution is 2.31. The van der Waals surface area contributed by atoms with Crippen LogP contribution in [0.2, 0.25) is 0 Å². The van der Waals surface area contributed by atoms with Crippen molar-refractivity contribution in [1.29, 1.82) is 0 Å². The van der Waals surface area contributed by atoms with Gasteiger partial charge in [-0.1, -0.05) is 36.4 Å². The molecule has 1 heterocycles. The molecule has 3 rings (SSSR count). The fraction of sp³-hybridized carbons (Fsp3) is 0.0909. The summed E-state index contributed by atoms with van der Waals surface area (Å²) < 4.78 is 44.8. The number of nitrogens with zero attached hydrogens (tertiary/aromatic N) is 3. The van der Waals surface area contributed by atoms with Crippen molar-refractivity contribution in [2.45, 2.75) is 6.18 Å². The summed E-state index contributed by atoms with van der Waals surface area (Å²) in [4.78, 5) is 24.8. The third kappa shape index (κ3) is 5.91. The third-order valence-corrected chi connectivity index (χ3v) is 4.14. The first kappa shape index (κ1) is 22.5. The van der Waals surface area contributed by atoms with Crippen LogP contribution >= 0.6 is 0 Å². The van der Waals surface area contributed by atoms with Crippen LogP contribution < -0.4 is 9.74 Å². The number of esters is 1. The summed E-state index contributed by atoms with van der Waals surface area (Å²) in [6.07, 6.45) is -1.16. The quantitative estimate of drug-likeness (QED) is 0.192. The number of hydrogen-bond acceptors (Lipinski definition) is 5. The molecule has 0 fully saturated rings. The normalized spacial score (nSPS) is 11.3. The fourth-order valence-electron chi connectivity index (χ4n) is 2.57. The van der Waals surface area contributed by atoms with Gasteiger partial charge >= 0.3 is 12.1 Å². The Labute approximate surface area is 180 Å². The number of alkyl halides is 3. The van der Waals surface area contributed by atoms with Crippen molar-refractivity contribution in [2.24, 2.45) is 5.10 Å². The van der Waals surface area contributed by atoms with Crippen LogP contribution in [0.4, 0.5) is 18.9 Å². The van der Waals surface area contributed by atoms with Crippen LogP contribution in [0.15, 0.2) is 84.2 Å². The molecule has 0 saturated carbocycles. The first-order valence-corrected chi connectivity index (χ1v) is 9.19. The maximum Gasteiger partial charge on any atom is 0.416 e. The van der Waals surface area contributed by atoms with Crippen molar-refractivity contribution in [1.82, 2.24) is 0 Å². The molecule has 10 heteroatoms. The Balaban J connectivity index is 1.83. The summed E-state index contributed by atoms with van der Waals surface area (Å²) in [7, 11) is 0. The van der Waals surface area contributed by atoms with E-state index < -0.39 is 30.2 Å². The molecule has 0 atom stereocenters. The van der Waals surface area contributed by atoms with E-state index in [0.717, 1.165) is 35.6 Å². The molecule has 0 N–H and O–H groups in total. The largest absolute Gasteiger partial charge is 0.619 e. The molecule has 1 amide bonds. The number of hydrazone groups is 1. The van der Waals surface area contributed by atoms with Gasteiger partial charge in [-0.15, -0.1) is 0 Å². The number of halogens is 3. The summed E-state index contributed by atoms with van der Waals surface area (Å²) in [5.74, 6) is -1.75. The van der Waals surface area contributed by atoms with E-state index in [4.69, 9.17) is 4.74 Å². The molecular weight excluding hydrogens is 427 g/mol. The van der Waals surface area contributed by atoms with Gasteiger partial charge in [0.2, 0.25) is 0 Å². The van der Waals surface area contributed by atoms with Crippen LogP contribution in [-0.2, 0) is 15.7 Å². The van der Waals surface area contributed by atoms with Crippen molar-refractivity contribution < 1.29 is 32.2 Å². The number of anilines is 1. The number of aromatic nitrogens is 1.